The minimum atomic E-state index is -1.16. The maximum absolute atomic E-state index is 14.0. The zero-order chi connectivity index (χ0) is 41.2. The van der Waals surface area contributed by atoms with Crippen LogP contribution in [0.3, 0.4) is 0 Å². The molecule has 0 aliphatic heterocycles. The third kappa shape index (κ3) is 12.8. The molecule has 2 aromatic heterocycles. The molecule has 0 saturated carbocycles. The van der Waals surface area contributed by atoms with E-state index < -0.39 is 42.2 Å². The normalized spacial score (nSPS) is 12.2. The molecule has 6 aromatic rings. The van der Waals surface area contributed by atoms with E-state index in [0.717, 1.165) is 11.1 Å². The summed E-state index contributed by atoms with van der Waals surface area (Å²) in [5.41, 5.74) is 3.69. The van der Waals surface area contributed by atoms with Gasteiger partial charge in [-0.05, 0) is 78.9 Å². The van der Waals surface area contributed by atoms with Gasteiger partial charge in [0.15, 0.2) is 0 Å². The van der Waals surface area contributed by atoms with Crippen molar-refractivity contribution in [2.75, 3.05) is 10.6 Å². The zero-order valence-electron chi connectivity index (χ0n) is 32.1. The van der Waals surface area contributed by atoms with Gasteiger partial charge in [0.25, 0.3) is 11.8 Å². The number of nitrogens with one attached hydrogen (secondary N) is 4. The molecule has 300 valence electrons. The van der Waals surface area contributed by atoms with Crippen molar-refractivity contribution in [2.24, 2.45) is 0 Å². The second-order valence-electron chi connectivity index (χ2n) is 13.6. The standard InChI is InChI=1S/C46H44N6O7/c53-42(41(28-33-17-5-2-6-18-33)50-44(55)38-22-8-10-24-40(38)52-46(57)59-31-35-20-12-14-26-48-35)29-36(27-32-15-3-1-4-16-32)49-43(54)37-21-7-9-23-39(37)51-45(56)58-30-34-19-11-13-25-47-34/h1-26,36,41-42,53H,27-31H2,(H,49,54)(H,50,55)(H,51,56)(H,52,57). The number of aliphatic hydroxyl groups is 1. The molecular weight excluding hydrogens is 749 g/mol. The number of pyridine rings is 2. The lowest BCUT2D eigenvalue weighted by molar-refractivity contribution is 0.0756. The molecule has 0 radical (unpaired) electrons. The average molecular weight is 793 g/mol. The lowest BCUT2D eigenvalue weighted by Gasteiger charge is -2.29. The van der Waals surface area contributed by atoms with E-state index in [1.807, 2.05) is 60.7 Å². The minimum Gasteiger partial charge on any atom is -0.443 e. The molecule has 59 heavy (non-hydrogen) atoms. The Hall–Kier alpha value is -7.38. The Bertz CT molecular complexity index is 2280. The fourth-order valence-electron chi connectivity index (χ4n) is 6.33. The molecule has 4 aromatic carbocycles. The van der Waals surface area contributed by atoms with Crippen LogP contribution in [0.1, 0.15) is 49.7 Å². The van der Waals surface area contributed by atoms with Gasteiger partial charge < -0.3 is 25.2 Å². The number of amides is 4. The van der Waals surface area contributed by atoms with Crippen LogP contribution < -0.4 is 21.3 Å². The molecule has 4 amide bonds. The predicted octanol–water partition coefficient (Wildman–Crippen LogP) is 7.11. The average Bonchev–Trinajstić information content (AvgIpc) is 3.26. The summed E-state index contributed by atoms with van der Waals surface area (Å²) in [6.45, 7) is -0.117. The van der Waals surface area contributed by atoms with E-state index in [1.165, 1.54) is 0 Å². The smallest absolute Gasteiger partial charge is 0.412 e. The number of para-hydroxylation sites is 2. The van der Waals surface area contributed by atoms with Crippen LogP contribution in [0.5, 0.6) is 0 Å². The van der Waals surface area contributed by atoms with Crippen LogP contribution in [-0.4, -0.2) is 57.3 Å². The second-order valence-corrected chi connectivity index (χ2v) is 13.6. The van der Waals surface area contributed by atoms with Crippen LogP contribution in [-0.2, 0) is 35.5 Å². The topological polar surface area (TPSA) is 181 Å². The van der Waals surface area contributed by atoms with Crippen molar-refractivity contribution < 1.29 is 33.8 Å². The first-order valence-electron chi connectivity index (χ1n) is 19.0. The van der Waals surface area contributed by atoms with E-state index in [-0.39, 0.29) is 48.6 Å². The first-order chi connectivity index (χ1) is 28.8. The lowest BCUT2D eigenvalue weighted by Crippen LogP contribution is -2.48. The molecule has 3 unspecified atom stereocenters. The third-order valence-electron chi connectivity index (χ3n) is 9.24. The highest BCUT2D eigenvalue weighted by molar-refractivity contribution is 6.03. The first-order valence-corrected chi connectivity index (χ1v) is 19.0. The Kier molecular flexibility index (Phi) is 14.8. The van der Waals surface area contributed by atoms with Crippen molar-refractivity contribution in [3.05, 3.63) is 192 Å². The fraction of sp³-hybridized carbons (Fsp3) is 0.174. The van der Waals surface area contributed by atoms with Gasteiger partial charge in [-0.25, -0.2) is 9.59 Å². The van der Waals surface area contributed by atoms with Gasteiger partial charge in [0, 0.05) is 18.4 Å². The van der Waals surface area contributed by atoms with E-state index in [2.05, 4.69) is 31.2 Å². The summed E-state index contributed by atoms with van der Waals surface area (Å²) >= 11 is 0. The number of anilines is 2. The Labute approximate surface area is 341 Å². The van der Waals surface area contributed by atoms with Gasteiger partial charge in [0.05, 0.1) is 46.0 Å². The van der Waals surface area contributed by atoms with Crippen LogP contribution in [0.15, 0.2) is 158 Å². The SMILES string of the molecule is O=C(Nc1ccccc1C(=O)NC(Cc1ccccc1)CC(O)C(Cc1ccccc1)NC(=O)c1ccccc1NC(=O)OCc1ccccn1)OCc1ccccn1. The largest absolute Gasteiger partial charge is 0.443 e. The number of aromatic nitrogens is 2. The molecule has 0 aliphatic rings. The van der Waals surface area contributed by atoms with Crippen LogP contribution in [0.2, 0.25) is 0 Å². The molecule has 0 saturated heterocycles. The number of nitrogens with zero attached hydrogens (tertiary/aromatic N) is 2. The highest BCUT2D eigenvalue weighted by atomic mass is 16.6. The fourth-order valence-corrected chi connectivity index (χ4v) is 6.33. The van der Waals surface area contributed by atoms with Gasteiger partial charge >= 0.3 is 12.2 Å². The second kappa shape index (κ2) is 21.2. The number of aliphatic hydroxyl groups excluding tert-OH is 1. The van der Waals surface area contributed by atoms with Crippen molar-refractivity contribution >= 4 is 35.4 Å². The van der Waals surface area contributed by atoms with E-state index in [0.29, 0.717) is 17.8 Å². The monoisotopic (exact) mass is 792 g/mol. The number of hydrogen-bond donors (Lipinski definition) is 5. The van der Waals surface area contributed by atoms with E-state index in [9.17, 15) is 24.3 Å². The first kappa shape index (κ1) is 41.3. The molecule has 0 bridgehead atoms. The molecule has 13 nitrogen and oxygen atoms in total. The van der Waals surface area contributed by atoms with Crippen LogP contribution >= 0.6 is 0 Å². The van der Waals surface area contributed by atoms with Crippen molar-refractivity contribution in [3.63, 3.8) is 0 Å². The maximum Gasteiger partial charge on any atom is 0.412 e. The van der Waals surface area contributed by atoms with Gasteiger partial charge in [-0.3, -0.25) is 30.2 Å². The van der Waals surface area contributed by atoms with Crippen molar-refractivity contribution in [1.29, 1.82) is 0 Å². The van der Waals surface area contributed by atoms with Crippen molar-refractivity contribution in [1.82, 2.24) is 20.6 Å². The maximum atomic E-state index is 14.0. The quantitative estimate of drug-likeness (QED) is 0.0644. The van der Waals surface area contributed by atoms with Crippen LogP contribution in [0.25, 0.3) is 0 Å². The van der Waals surface area contributed by atoms with E-state index in [4.69, 9.17) is 9.47 Å². The summed E-state index contributed by atoms with van der Waals surface area (Å²) in [6.07, 6.45) is 1.16. The molecule has 5 N–H and O–H groups in total. The van der Waals surface area contributed by atoms with Crippen LogP contribution in [0.4, 0.5) is 21.0 Å². The van der Waals surface area contributed by atoms with Gasteiger partial charge in [0.2, 0.25) is 0 Å². The molecule has 6 rings (SSSR count). The summed E-state index contributed by atoms with van der Waals surface area (Å²) in [7, 11) is 0. The highest BCUT2D eigenvalue weighted by Gasteiger charge is 2.28. The Morgan fingerprint density at radius 1 is 0.525 bits per heavy atom. The van der Waals surface area contributed by atoms with Crippen molar-refractivity contribution in [3.8, 4) is 0 Å². The Morgan fingerprint density at radius 3 is 1.46 bits per heavy atom. The number of carbonyl (C=O) groups is 4. The number of carbonyl (C=O) groups excluding carboxylic acids is 4. The Morgan fingerprint density at radius 2 is 0.966 bits per heavy atom. The molecular formula is C46H44N6O7. The summed E-state index contributed by atoms with van der Waals surface area (Å²) < 4.78 is 10.7. The predicted molar refractivity (Wildman–Crippen MR) is 222 cm³/mol. The number of ether oxygens (including phenoxy) is 2. The third-order valence-corrected chi connectivity index (χ3v) is 9.24. The molecule has 3 atom stereocenters. The summed E-state index contributed by atoms with van der Waals surface area (Å²) in [6, 6.07) is 41.0. The van der Waals surface area contributed by atoms with Crippen LogP contribution in [0, 0.1) is 0 Å². The number of hydrogen-bond acceptors (Lipinski definition) is 9. The molecule has 0 spiro atoms. The van der Waals surface area contributed by atoms with Gasteiger partial charge in [-0.1, -0.05) is 97.1 Å². The lowest BCUT2D eigenvalue weighted by atomic mass is 9.93. The van der Waals surface area contributed by atoms with Gasteiger partial charge in [-0.15, -0.1) is 0 Å². The Balaban J connectivity index is 1.18. The summed E-state index contributed by atoms with van der Waals surface area (Å²) in [4.78, 5) is 61.8. The summed E-state index contributed by atoms with van der Waals surface area (Å²) in [5.74, 6) is -1.03. The minimum absolute atomic E-state index is 0.0415. The molecule has 0 aliphatic carbocycles. The molecule has 13 heteroatoms. The van der Waals surface area contributed by atoms with E-state index in [1.54, 1.807) is 97.3 Å². The van der Waals surface area contributed by atoms with Gasteiger partial charge in [0.1, 0.15) is 13.2 Å². The summed E-state index contributed by atoms with van der Waals surface area (Å²) in [5, 5.41) is 23.3. The number of benzene rings is 4. The molecule has 2 heterocycles. The van der Waals surface area contributed by atoms with Gasteiger partial charge in [-0.2, -0.15) is 0 Å². The zero-order valence-corrected chi connectivity index (χ0v) is 32.1. The highest BCUT2D eigenvalue weighted by Crippen LogP contribution is 2.21. The van der Waals surface area contributed by atoms with Crippen molar-refractivity contribution in [2.45, 2.75) is 50.7 Å². The number of rotatable bonds is 17. The van der Waals surface area contributed by atoms with E-state index >= 15 is 0 Å². The molecule has 0 fully saturated rings.